The van der Waals surface area contributed by atoms with Crippen molar-refractivity contribution in [2.45, 2.75) is 39.3 Å². The van der Waals surface area contributed by atoms with Crippen molar-refractivity contribution in [3.63, 3.8) is 0 Å². The summed E-state index contributed by atoms with van der Waals surface area (Å²) in [6.07, 6.45) is 6.32. The van der Waals surface area contributed by atoms with E-state index in [4.69, 9.17) is 0 Å². The second-order valence-electron chi connectivity index (χ2n) is 7.07. The fraction of sp³-hybridized carbons (Fsp3) is 0.261. The largest absolute Gasteiger partial charge is 0.315 e. The molecule has 0 aliphatic carbocycles. The Morgan fingerprint density at radius 3 is 2.04 bits per heavy atom. The number of unbranched alkanes of at least 4 members (excludes halogenated alkanes) is 1. The van der Waals surface area contributed by atoms with Gasteiger partial charge in [-0.2, -0.15) is 0 Å². The molecule has 0 radical (unpaired) electrons. The van der Waals surface area contributed by atoms with Crippen molar-refractivity contribution in [1.29, 1.82) is 0 Å². The standard InChI is InChI=1S/C23H23N3O2/c1-2-3-12-25-14-10-20-18(22(25)27)16-19-21(24-20)11-15-26(23(19)28)13-9-17-7-5-4-6-8-17/h4-8,10-11,14-16H,2-3,9,12-13H2,1H3. The summed E-state index contributed by atoms with van der Waals surface area (Å²) in [7, 11) is 0. The molecular weight excluding hydrogens is 350 g/mol. The van der Waals surface area contributed by atoms with Crippen LogP contribution in [0, 0.1) is 0 Å². The molecule has 0 spiro atoms. The van der Waals surface area contributed by atoms with E-state index >= 15 is 0 Å². The molecule has 0 fully saturated rings. The first kappa shape index (κ1) is 18.2. The zero-order valence-electron chi connectivity index (χ0n) is 16.0. The fourth-order valence-electron chi connectivity index (χ4n) is 3.48. The van der Waals surface area contributed by atoms with Crippen LogP contribution in [0.2, 0.25) is 0 Å². The number of rotatable bonds is 6. The number of aryl methyl sites for hydroxylation is 3. The third kappa shape index (κ3) is 3.48. The normalized spacial score (nSPS) is 11.3. The van der Waals surface area contributed by atoms with Crippen LogP contribution >= 0.6 is 0 Å². The Morgan fingerprint density at radius 2 is 1.43 bits per heavy atom. The summed E-state index contributed by atoms with van der Waals surface area (Å²) in [5, 5.41) is 0.998. The van der Waals surface area contributed by atoms with Crippen LogP contribution in [0.3, 0.4) is 0 Å². The highest BCUT2D eigenvalue weighted by atomic mass is 16.1. The van der Waals surface area contributed by atoms with Crippen LogP contribution in [0.25, 0.3) is 21.8 Å². The van der Waals surface area contributed by atoms with E-state index in [-0.39, 0.29) is 11.1 Å². The second kappa shape index (κ2) is 7.80. The summed E-state index contributed by atoms with van der Waals surface area (Å²) in [4.78, 5) is 30.3. The number of nitrogens with zero attached hydrogens (tertiary/aromatic N) is 3. The summed E-state index contributed by atoms with van der Waals surface area (Å²) in [5.41, 5.74) is 2.25. The smallest absolute Gasteiger partial charge is 0.260 e. The van der Waals surface area contributed by atoms with Crippen molar-refractivity contribution < 1.29 is 0 Å². The Hall–Kier alpha value is -3.21. The molecule has 4 rings (SSSR count). The van der Waals surface area contributed by atoms with Crippen LogP contribution in [-0.4, -0.2) is 14.1 Å². The molecule has 3 aromatic heterocycles. The lowest BCUT2D eigenvalue weighted by Crippen LogP contribution is -2.23. The number of benzene rings is 1. The van der Waals surface area contributed by atoms with E-state index in [9.17, 15) is 9.59 Å². The Kier molecular flexibility index (Phi) is 5.06. The van der Waals surface area contributed by atoms with Crippen LogP contribution in [0.15, 0.2) is 70.5 Å². The van der Waals surface area contributed by atoms with Crippen molar-refractivity contribution in [2.24, 2.45) is 0 Å². The van der Waals surface area contributed by atoms with Gasteiger partial charge in [-0.15, -0.1) is 0 Å². The lowest BCUT2D eigenvalue weighted by molar-refractivity contribution is 0.617. The average molecular weight is 373 g/mol. The summed E-state index contributed by atoms with van der Waals surface area (Å²) in [5.74, 6) is 0. The number of pyridine rings is 3. The van der Waals surface area contributed by atoms with E-state index in [1.807, 2.05) is 30.3 Å². The molecule has 0 amide bonds. The minimum Gasteiger partial charge on any atom is -0.315 e. The van der Waals surface area contributed by atoms with Crippen LogP contribution in [-0.2, 0) is 19.5 Å². The van der Waals surface area contributed by atoms with Gasteiger partial charge in [0.1, 0.15) is 0 Å². The Morgan fingerprint density at radius 1 is 0.821 bits per heavy atom. The molecule has 0 saturated carbocycles. The summed E-state index contributed by atoms with van der Waals surface area (Å²) in [6, 6.07) is 15.5. The van der Waals surface area contributed by atoms with Crippen LogP contribution in [0.4, 0.5) is 0 Å². The number of aromatic nitrogens is 3. The van der Waals surface area contributed by atoms with E-state index in [2.05, 4.69) is 24.0 Å². The zero-order chi connectivity index (χ0) is 19.5. The average Bonchev–Trinajstić information content (AvgIpc) is 2.73. The Balaban J connectivity index is 1.75. The van der Waals surface area contributed by atoms with Crippen LogP contribution < -0.4 is 11.1 Å². The van der Waals surface area contributed by atoms with Gasteiger partial charge in [0.15, 0.2) is 0 Å². The minimum absolute atomic E-state index is 0.0839. The van der Waals surface area contributed by atoms with Crippen LogP contribution in [0.1, 0.15) is 25.3 Å². The summed E-state index contributed by atoms with van der Waals surface area (Å²) >= 11 is 0. The molecular formula is C23H23N3O2. The maximum Gasteiger partial charge on any atom is 0.260 e. The highest BCUT2D eigenvalue weighted by Crippen LogP contribution is 2.14. The molecule has 0 aliphatic rings. The number of fused-ring (bicyclic) bond motifs is 2. The van der Waals surface area contributed by atoms with Gasteiger partial charge in [0.25, 0.3) is 11.1 Å². The van der Waals surface area contributed by atoms with Crippen molar-refractivity contribution in [3.05, 3.63) is 87.2 Å². The maximum atomic E-state index is 13.0. The van der Waals surface area contributed by atoms with Crippen molar-refractivity contribution in [2.75, 3.05) is 0 Å². The van der Waals surface area contributed by atoms with Gasteiger partial charge in [-0.05, 0) is 36.6 Å². The first-order valence-corrected chi connectivity index (χ1v) is 9.74. The summed E-state index contributed by atoms with van der Waals surface area (Å²) < 4.78 is 3.40. The first-order chi connectivity index (χ1) is 13.7. The minimum atomic E-state index is -0.105. The molecule has 0 aliphatic heterocycles. The van der Waals surface area contributed by atoms with Gasteiger partial charge >= 0.3 is 0 Å². The van der Waals surface area contributed by atoms with Crippen molar-refractivity contribution in [3.8, 4) is 0 Å². The highest BCUT2D eigenvalue weighted by Gasteiger charge is 2.10. The van der Waals surface area contributed by atoms with Gasteiger partial charge in [-0.25, -0.2) is 4.98 Å². The molecule has 0 saturated heterocycles. The molecule has 0 unspecified atom stereocenters. The quantitative estimate of drug-likeness (QED) is 0.484. The molecule has 4 aromatic rings. The monoisotopic (exact) mass is 373 g/mol. The molecule has 0 bridgehead atoms. The van der Waals surface area contributed by atoms with Crippen molar-refractivity contribution in [1.82, 2.24) is 14.1 Å². The van der Waals surface area contributed by atoms with Gasteiger partial charge in [-0.3, -0.25) is 9.59 Å². The van der Waals surface area contributed by atoms with E-state index in [1.165, 1.54) is 5.56 Å². The highest BCUT2D eigenvalue weighted by molar-refractivity contribution is 5.91. The lowest BCUT2D eigenvalue weighted by Gasteiger charge is -2.09. The Labute approximate surface area is 162 Å². The number of hydrogen-bond acceptors (Lipinski definition) is 3. The van der Waals surface area contributed by atoms with Crippen molar-refractivity contribution >= 4 is 21.8 Å². The van der Waals surface area contributed by atoms with Gasteiger partial charge in [-0.1, -0.05) is 43.7 Å². The SMILES string of the molecule is CCCCn1ccc2nc3ccn(CCc4ccccc4)c(=O)c3cc2c1=O. The molecule has 0 N–H and O–H groups in total. The van der Waals surface area contributed by atoms with Gasteiger partial charge in [0.2, 0.25) is 0 Å². The lowest BCUT2D eigenvalue weighted by atomic mass is 10.1. The maximum absolute atomic E-state index is 13.0. The van der Waals surface area contributed by atoms with E-state index in [0.29, 0.717) is 34.9 Å². The van der Waals surface area contributed by atoms with Crippen LogP contribution in [0.5, 0.6) is 0 Å². The third-order valence-electron chi connectivity index (χ3n) is 5.13. The van der Waals surface area contributed by atoms with Gasteiger partial charge < -0.3 is 9.13 Å². The van der Waals surface area contributed by atoms with E-state index in [1.54, 1.807) is 27.6 Å². The molecule has 5 heteroatoms. The molecule has 1 aromatic carbocycles. The van der Waals surface area contributed by atoms with Gasteiger partial charge in [0.05, 0.1) is 21.8 Å². The molecule has 0 atom stereocenters. The summed E-state index contributed by atoms with van der Waals surface area (Å²) in [6.45, 7) is 3.37. The second-order valence-corrected chi connectivity index (χ2v) is 7.07. The predicted octanol–water partition coefficient (Wildman–Crippen LogP) is 3.75. The molecule has 142 valence electrons. The van der Waals surface area contributed by atoms with Gasteiger partial charge in [0, 0.05) is 25.5 Å². The molecule has 3 heterocycles. The number of hydrogen-bond donors (Lipinski definition) is 0. The fourth-order valence-corrected chi connectivity index (χ4v) is 3.48. The predicted molar refractivity (Wildman–Crippen MR) is 113 cm³/mol. The third-order valence-corrected chi connectivity index (χ3v) is 5.13. The Bertz CT molecular complexity index is 1240. The topological polar surface area (TPSA) is 56.9 Å². The first-order valence-electron chi connectivity index (χ1n) is 9.74. The molecule has 5 nitrogen and oxygen atoms in total. The van der Waals surface area contributed by atoms with E-state index < -0.39 is 0 Å². The molecule has 28 heavy (non-hydrogen) atoms. The zero-order valence-corrected chi connectivity index (χ0v) is 16.0. The van der Waals surface area contributed by atoms with E-state index in [0.717, 1.165) is 19.3 Å².